The van der Waals surface area contributed by atoms with E-state index in [1.807, 2.05) is 6.92 Å². The van der Waals surface area contributed by atoms with Crippen LogP contribution in [0.2, 0.25) is 0 Å². The van der Waals surface area contributed by atoms with E-state index >= 15 is 8.78 Å². The van der Waals surface area contributed by atoms with Crippen LogP contribution in [0.4, 0.5) is 17.6 Å². The Morgan fingerprint density at radius 2 is 2.05 bits per heavy atom. The first-order valence-corrected chi connectivity index (χ1v) is 13.2. The van der Waals surface area contributed by atoms with E-state index in [2.05, 4.69) is 15.1 Å². The summed E-state index contributed by atoms with van der Waals surface area (Å²) in [5, 5.41) is 14.0. The molecule has 1 saturated carbocycles. The number of pyridine rings is 1. The zero-order valence-corrected chi connectivity index (χ0v) is 22.1. The Morgan fingerprint density at radius 3 is 2.74 bits per heavy atom. The van der Waals surface area contributed by atoms with Crippen molar-refractivity contribution < 1.29 is 36.3 Å². The predicted molar refractivity (Wildman–Crippen MR) is 141 cm³/mol. The number of hydrogen-bond acceptors (Lipinski definition) is 7. The summed E-state index contributed by atoms with van der Waals surface area (Å²) in [4.78, 5) is 22.9. The van der Waals surface area contributed by atoms with E-state index in [0.29, 0.717) is 23.3 Å². The van der Waals surface area contributed by atoms with Crippen LogP contribution in [0.25, 0.3) is 16.9 Å². The Labute approximate surface area is 241 Å². The van der Waals surface area contributed by atoms with Crippen molar-refractivity contribution in [3.8, 4) is 17.0 Å². The fraction of sp³-hybridized carbons (Fsp3) is 0.379. The lowest BCUT2D eigenvalue weighted by molar-refractivity contribution is -0.0505. The maximum absolute atomic E-state index is 15.5. The minimum Gasteiger partial charge on any atom is -0.434 e. The number of nitrogens with two attached hydrogens (primary N) is 1. The van der Waals surface area contributed by atoms with E-state index in [4.69, 9.17) is 14.6 Å². The Hall–Kier alpha value is -4.10. The third-order valence-electron chi connectivity index (χ3n) is 8.60. The second-order valence-corrected chi connectivity index (χ2v) is 11.6. The van der Waals surface area contributed by atoms with Gasteiger partial charge in [0.15, 0.2) is 11.5 Å². The summed E-state index contributed by atoms with van der Waals surface area (Å²) in [7, 11) is 0. The number of amides is 1. The van der Waals surface area contributed by atoms with E-state index in [1.54, 1.807) is 0 Å². The molecule has 218 valence electrons. The van der Waals surface area contributed by atoms with Crippen LogP contribution < -0.4 is 10.5 Å². The molecule has 0 saturated heterocycles. The first kappa shape index (κ1) is 23.5. The van der Waals surface area contributed by atoms with Crippen molar-refractivity contribution in [2.24, 2.45) is 11.1 Å². The van der Waals surface area contributed by atoms with Crippen LogP contribution in [-0.4, -0.2) is 55.7 Å². The summed E-state index contributed by atoms with van der Waals surface area (Å²) in [5.74, 6) is -3.78. The van der Waals surface area contributed by atoms with Gasteiger partial charge < -0.3 is 20.5 Å². The van der Waals surface area contributed by atoms with Crippen molar-refractivity contribution in [2.45, 2.75) is 50.3 Å². The van der Waals surface area contributed by atoms with Gasteiger partial charge in [-0.05, 0) is 42.9 Å². The second-order valence-electron chi connectivity index (χ2n) is 11.6. The molecule has 2 atom stereocenters. The molecule has 4 aromatic rings. The summed E-state index contributed by atoms with van der Waals surface area (Å²) in [5.41, 5.74) is 4.88. The van der Waals surface area contributed by atoms with Crippen LogP contribution in [-0.2, 0) is 5.54 Å². The molecule has 2 aliphatic carbocycles. The molecule has 1 aliphatic heterocycles. The summed E-state index contributed by atoms with van der Waals surface area (Å²) in [6, 6.07) is 3.86. The molecule has 2 bridgehead atoms. The molecule has 3 aliphatic rings. The molecule has 42 heavy (non-hydrogen) atoms. The average molecular weight is 586 g/mol. The van der Waals surface area contributed by atoms with Gasteiger partial charge in [0.05, 0.1) is 29.2 Å². The molecule has 1 amide bonds. The number of rotatable bonds is 5. The standard InChI is InChI=1S/C29H26F4N6O3/c1-28(12-40)10-29(34,11-28)24-16(30)6-13(8-35-24)22-17(31)9-39-25(36-22)21-15-7-18(23(21)37-39)38(2)26(41)14-4-3-5-19(20(14)15)42-27(32)33/h3-6,8-9,15,18,27,40H,7,10-12,34H2,1-2H3/t15-,18-,28?,29?/m1/s1/i2D3. The van der Waals surface area contributed by atoms with E-state index in [1.165, 1.54) is 24.4 Å². The monoisotopic (exact) mass is 585 g/mol. The molecule has 13 heteroatoms. The quantitative estimate of drug-likeness (QED) is 0.336. The number of aliphatic hydroxyl groups excluding tert-OH is 1. The molecule has 3 N–H and O–H groups in total. The number of carbonyl (C=O) groups is 1. The lowest BCUT2D eigenvalue weighted by Gasteiger charge is -2.51. The zero-order valence-electron chi connectivity index (χ0n) is 25.1. The van der Waals surface area contributed by atoms with Gasteiger partial charge in [-0.2, -0.15) is 13.9 Å². The molecule has 9 nitrogen and oxygen atoms in total. The summed E-state index contributed by atoms with van der Waals surface area (Å²) >= 11 is 0. The number of aliphatic hydroxyl groups is 1. The Bertz CT molecular complexity index is 1900. The normalized spacial score (nSPS) is 27.7. The van der Waals surface area contributed by atoms with Crippen molar-refractivity contribution in [1.29, 1.82) is 0 Å². The highest BCUT2D eigenvalue weighted by Gasteiger charge is 2.52. The third-order valence-corrected chi connectivity index (χ3v) is 8.60. The maximum atomic E-state index is 15.5. The minimum atomic E-state index is -3.23. The largest absolute Gasteiger partial charge is 0.434 e. The fourth-order valence-corrected chi connectivity index (χ4v) is 6.95. The van der Waals surface area contributed by atoms with Gasteiger partial charge in [-0.3, -0.25) is 9.78 Å². The first-order chi connectivity index (χ1) is 21.1. The lowest BCUT2D eigenvalue weighted by atomic mass is 9.57. The van der Waals surface area contributed by atoms with E-state index in [9.17, 15) is 18.7 Å². The van der Waals surface area contributed by atoms with Crippen LogP contribution >= 0.6 is 0 Å². The highest BCUT2D eigenvalue weighted by molar-refractivity contribution is 5.98. The zero-order chi connectivity index (χ0) is 32.2. The van der Waals surface area contributed by atoms with Crippen molar-refractivity contribution in [1.82, 2.24) is 24.5 Å². The van der Waals surface area contributed by atoms with Gasteiger partial charge in [0.1, 0.15) is 17.3 Å². The number of fused-ring (bicyclic) bond motifs is 9. The van der Waals surface area contributed by atoms with Gasteiger partial charge in [-0.1, -0.05) is 13.0 Å². The molecular weight excluding hydrogens is 556 g/mol. The molecule has 0 spiro atoms. The van der Waals surface area contributed by atoms with Crippen molar-refractivity contribution in [3.05, 3.63) is 76.4 Å². The van der Waals surface area contributed by atoms with Crippen LogP contribution in [0.5, 0.6) is 5.75 Å². The smallest absolute Gasteiger partial charge is 0.387 e. The topological polar surface area (TPSA) is 119 Å². The Morgan fingerprint density at radius 1 is 1.26 bits per heavy atom. The highest BCUT2D eigenvalue weighted by atomic mass is 19.3. The SMILES string of the molecule is [2H]C([2H])([2H])N1C(=O)c2cccc(OC(F)F)c2[C@H]2C[C@@H]1c1nn3cc(F)c(-c4cnc(C5(N)CC(C)(CO)C5)c(F)c4)nc3c12. The number of hydrogen-bond donors (Lipinski definition) is 2. The number of aromatic nitrogens is 4. The summed E-state index contributed by atoms with van der Waals surface area (Å²) in [6.45, 7) is -4.46. The number of carbonyl (C=O) groups excluding carboxylic acids is 1. The molecule has 0 radical (unpaired) electrons. The number of halogens is 4. The van der Waals surface area contributed by atoms with E-state index in [-0.39, 0.29) is 58.2 Å². The fourth-order valence-electron chi connectivity index (χ4n) is 6.95. The molecule has 0 unspecified atom stereocenters. The Kier molecular flexibility index (Phi) is 5.00. The van der Waals surface area contributed by atoms with Crippen molar-refractivity contribution >= 4 is 11.6 Å². The molecular formula is C29H26F4N6O3. The Balaban J connectivity index is 1.38. The van der Waals surface area contributed by atoms with E-state index < -0.39 is 54.0 Å². The van der Waals surface area contributed by atoms with Gasteiger partial charge >= 0.3 is 6.61 Å². The minimum absolute atomic E-state index is 0.0151. The van der Waals surface area contributed by atoms with Gasteiger partial charge in [0.25, 0.3) is 5.91 Å². The molecule has 1 fully saturated rings. The molecule has 1 aromatic carbocycles. The maximum Gasteiger partial charge on any atom is 0.387 e. The van der Waals surface area contributed by atoms with Crippen LogP contribution in [0.3, 0.4) is 0 Å². The van der Waals surface area contributed by atoms with Gasteiger partial charge in [-0.25, -0.2) is 18.3 Å². The molecule has 7 rings (SSSR count). The predicted octanol–water partition coefficient (Wildman–Crippen LogP) is 4.28. The molecule has 3 aromatic heterocycles. The van der Waals surface area contributed by atoms with E-state index in [0.717, 1.165) is 16.8 Å². The van der Waals surface area contributed by atoms with Crippen molar-refractivity contribution in [2.75, 3.05) is 13.6 Å². The lowest BCUT2D eigenvalue weighted by Crippen LogP contribution is -2.56. The first-order valence-electron chi connectivity index (χ1n) is 14.7. The second kappa shape index (κ2) is 8.95. The van der Waals surface area contributed by atoms with Crippen LogP contribution in [0.15, 0.2) is 36.7 Å². The number of nitrogens with zero attached hydrogens (tertiary/aromatic N) is 5. The summed E-state index contributed by atoms with van der Waals surface area (Å²) < 4.78 is 88.0. The van der Waals surface area contributed by atoms with Crippen molar-refractivity contribution in [3.63, 3.8) is 0 Å². The van der Waals surface area contributed by atoms with Gasteiger partial charge in [0, 0.05) is 52.1 Å². The van der Waals surface area contributed by atoms with Gasteiger partial charge in [0.2, 0.25) is 0 Å². The highest BCUT2D eigenvalue weighted by Crippen LogP contribution is 2.54. The van der Waals surface area contributed by atoms with Crippen LogP contribution in [0.1, 0.15) is 75.1 Å². The number of benzene rings is 1. The summed E-state index contributed by atoms with van der Waals surface area (Å²) in [6.07, 6.45) is 2.80. The van der Waals surface area contributed by atoms with Crippen LogP contribution in [0, 0.1) is 17.0 Å². The van der Waals surface area contributed by atoms with Gasteiger partial charge in [-0.15, -0.1) is 0 Å². The third kappa shape index (κ3) is 3.76. The molecule has 4 heterocycles. The average Bonchev–Trinajstić information content (AvgIpc) is 3.42. The number of alkyl halides is 2. The number of ether oxygens (including phenoxy) is 1.